The zero-order valence-electron chi connectivity index (χ0n) is 66.7. The van der Waals surface area contributed by atoms with Crippen molar-refractivity contribution in [3.05, 3.63) is 338 Å². The average Bonchev–Trinajstić information content (AvgIpc) is 0.696. The second kappa shape index (κ2) is 27.4. The molecule has 2 heterocycles. The molecule has 0 aliphatic heterocycles. The SMILES string of the molecule is CC(C)(C)c1ccc(-c2nc(-c3ccc(-c4ccccc4-c4c5cc6c7ccccc7c7ccccc7c6cc5c(-c5ccccc5-c5ccc(-c6nc(-c7ccc(C(C)(C)C)cc7)nc(-c7ccc(C(C)(C)C)cc7)n6)cc5)c5cc6c7ccccc7c7ccccc7c6cc45)cc3)nc(-c3ccc(C(C)(C)C)cc3)n2)cc1. The van der Waals surface area contributed by atoms with Gasteiger partial charge in [-0.05, 0) is 199 Å². The lowest BCUT2D eigenvalue weighted by Crippen LogP contribution is -2.11. The summed E-state index contributed by atoms with van der Waals surface area (Å²) < 4.78 is 0. The van der Waals surface area contributed by atoms with E-state index in [1.54, 1.807) is 0 Å². The van der Waals surface area contributed by atoms with Gasteiger partial charge in [-0.2, -0.15) is 0 Å². The van der Waals surface area contributed by atoms with E-state index in [0.717, 1.165) is 99.4 Å². The van der Waals surface area contributed by atoms with Crippen molar-refractivity contribution in [3.63, 3.8) is 0 Å². The Kier molecular flexibility index (Phi) is 17.1. The lowest BCUT2D eigenvalue weighted by Gasteiger charge is -2.23. The van der Waals surface area contributed by atoms with E-state index in [2.05, 4.69) is 399 Å². The first-order chi connectivity index (χ1) is 55.0. The number of benzene rings is 17. The zero-order valence-corrected chi connectivity index (χ0v) is 66.7. The molecule has 0 bridgehead atoms. The molecule has 0 amide bonds. The summed E-state index contributed by atoms with van der Waals surface area (Å²) in [6.07, 6.45) is 0. The molecule has 17 aromatic carbocycles. The van der Waals surface area contributed by atoms with Crippen LogP contribution in [-0.4, -0.2) is 29.9 Å². The highest BCUT2D eigenvalue weighted by atomic mass is 15.0. The molecule has 0 N–H and O–H groups in total. The molecule has 0 saturated heterocycles. The third-order valence-corrected chi connectivity index (χ3v) is 23.5. The molecule has 0 fully saturated rings. The first-order valence-electron chi connectivity index (χ1n) is 39.9. The number of nitrogens with zero attached hydrogens (tertiary/aromatic N) is 6. The molecule has 0 aliphatic carbocycles. The third-order valence-electron chi connectivity index (χ3n) is 23.5. The minimum atomic E-state index is -0.00898. The van der Waals surface area contributed by atoms with E-state index in [9.17, 15) is 0 Å². The van der Waals surface area contributed by atoms with Gasteiger partial charge < -0.3 is 0 Å². The summed E-state index contributed by atoms with van der Waals surface area (Å²) in [4.78, 5) is 31.6. The summed E-state index contributed by atoms with van der Waals surface area (Å²) in [5.74, 6) is 3.74. The second-order valence-electron chi connectivity index (χ2n) is 35.0. The Morgan fingerprint density at radius 3 is 0.500 bits per heavy atom. The Morgan fingerprint density at radius 2 is 0.307 bits per heavy atom. The van der Waals surface area contributed by atoms with Crippen molar-refractivity contribution in [3.8, 4) is 113 Å². The molecular weight excluding hydrogens is 1380 g/mol. The van der Waals surface area contributed by atoms with E-state index in [-0.39, 0.29) is 21.7 Å². The number of hydrogen-bond acceptors (Lipinski definition) is 6. The highest BCUT2D eigenvalue weighted by molar-refractivity contribution is 6.35. The normalized spacial score (nSPS) is 12.4. The van der Waals surface area contributed by atoms with Crippen LogP contribution in [-0.2, 0) is 21.7 Å². The van der Waals surface area contributed by atoms with Gasteiger partial charge in [-0.1, -0.05) is 374 Å². The smallest absolute Gasteiger partial charge is 0.164 e. The Labute approximate surface area is 667 Å². The van der Waals surface area contributed by atoms with Gasteiger partial charge >= 0.3 is 0 Å². The molecule has 6 heteroatoms. The maximum atomic E-state index is 5.30. The van der Waals surface area contributed by atoms with Crippen LogP contribution < -0.4 is 0 Å². The maximum Gasteiger partial charge on any atom is 0.164 e. The van der Waals surface area contributed by atoms with Crippen molar-refractivity contribution < 1.29 is 0 Å². The van der Waals surface area contributed by atoms with E-state index in [4.69, 9.17) is 29.9 Å². The molecule has 550 valence electrons. The van der Waals surface area contributed by atoms with Gasteiger partial charge in [-0.25, -0.2) is 29.9 Å². The van der Waals surface area contributed by atoms with Gasteiger partial charge in [-0.15, -0.1) is 0 Å². The summed E-state index contributed by atoms with van der Waals surface area (Å²) in [6.45, 7) is 26.9. The lowest BCUT2D eigenvalue weighted by atomic mass is 9.79. The second-order valence-corrected chi connectivity index (χ2v) is 35.0. The molecule has 0 radical (unpaired) electrons. The number of rotatable bonds is 10. The van der Waals surface area contributed by atoms with E-state index in [1.807, 2.05) is 0 Å². The van der Waals surface area contributed by atoms with Crippen LogP contribution in [0.1, 0.15) is 105 Å². The minimum absolute atomic E-state index is 0.00898. The largest absolute Gasteiger partial charge is 0.208 e. The summed E-state index contributed by atoms with van der Waals surface area (Å²) in [5.41, 5.74) is 19.4. The molecule has 0 spiro atoms. The Morgan fingerprint density at radius 1 is 0.149 bits per heavy atom. The minimum Gasteiger partial charge on any atom is -0.208 e. The van der Waals surface area contributed by atoms with Crippen molar-refractivity contribution in [2.75, 3.05) is 0 Å². The van der Waals surface area contributed by atoms with Gasteiger partial charge in [0.2, 0.25) is 0 Å². The summed E-state index contributed by atoms with van der Waals surface area (Å²) in [5, 5.41) is 19.2. The van der Waals surface area contributed by atoms with Crippen LogP contribution in [0.4, 0.5) is 0 Å². The first kappa shape index (κ1) is 71.2. The molecule has 0 atom stereocenters. The molecule has 0 unspecified atom stereocenters. The van der Waals surface area contributed by atoms with Crippen LogP contribution in [0.5, 0.6) is 0 Å². The highest BCUT2D eigenvalue weighted by Crippen LogP contribution is 2.53. The zero-order chi connectivity index (χ0) is 78.1. The Balaban J connectivity index is 0.836. The van der Waals surface area contributed by atoms with E-state index >= 15 is 0 Å². The van der Waals surface area contributed by atoms with Gasteiger partial charge in [0.15, 0.2) is 34.9 Å². The van der Waals surface area contributed by atoms with Gasteiger partial charge in [-0.3, -0.25) is 0 Å². The molecule has 6 nitrogen and oxygen atoms in total. The van der Waals surface area contributed by atoms with Crippen LogP contribution >= 0.6 is 0 Å². The third kappa shape index (κ3) is 12.7. The molecule has 0 aliphatic rings. The van der Waals surface area contributed by atoms with E-state index in [0.29, 0.717) is 34.9 Å². The van der Waals surface area contributed by atoms with Gasteiger partial charge in [0.05, 0.1) is 0 Å². The summed E-state index contributed by atoms with van der Waals surface area (Å²) in [7, 11) is 0. The molecule has 0 saturated carbocycles. The molecule has 19 rings (SSSR count). The van der Waals surface area contributed by atoms with Crippen LogP contribution in [0.15, 0.2) is 315 Å². The summed E-state index contributed by atoms with van der Waals surface area (Å²) >= 11 is 0. The highest BCUT2D eigenvalue weighted by Gasteiger charge is 2.27. The average molecular weight is 1470 g/mol. The number of fused-ring (bicyclic) bond motifs is 14. The Hall–Kier alpha value is -13.2. The molecule has 2 aromatic heterocycles. The lowest BCUT2D eigenvalue weighted by molar-refractivity contribution is 0.590. The Bertz CT molecular complexity index is 6300. The van der Waals surface area contributed by atoms with Crippen molar-refractivity contribution >= 4 is 86.2 Å². The quantitative estimate of drug-likeness (QED) is 0.100. The van der Waals surface area contributed by atoms with E-state index < -0.39 is 0 Å². The maximum absolute atomic E-state index is 5.30. The van der Waals surface area contributed by atoms with Crippen LogP contribution in [0.3, 0.4) is 0 Å². The molecule has 114 heavy (non-hydrogen) atoms. The predicted octanol–water partition coefficient (Wildman–Crippen LogP) is 29.1. The number of aromatic nitrogens is 6. The fourth-order valence-electron chi connectivity index (χ4n) is 17.1. The van der Waals surface area contributed by atoms with Gasteiger partial charge in [0.1, 0.15) is 0 Å². The number of hydrogen-bond donors (Lipinski definition) is 0. The molecular formula is C108H88N6. The van der Waals surface area contributed by atoms with Crippen molar-refractivity contribution in [2.24, 2.45) is 0 Å². The van der Waals surface area contributed by atoms with Crippen LogP contribution in [0.25, 0.3) is 199 Å². The van der Waals surface area contributed by atoms with Crippen molar-refractivity contribution in [1.82, 2.24) is 29.9 Å². The predicted molar refractivity (Wildman–Crippen MR) is 482 cm³/mol. The van der Waals surface area contributed by atoms with E-state index in [1.165, 1.54) is 86.9 Å². The monoisotopic (exact) mass is 1470 g/mol. The first-order valence-corrected chi connectivity index (χ1v) is 39.9. The van der Waals surface area contributed by atoms with Gasteiger partial charge in [0.25, 0.3) is 0 Å². The van der Waals surface area contributed by atoms with Crippen molar-refractivity contribution in [1.29, 1.82) is 0 Å². The van der Waals surface area contributed by atoms with Crippen LogP contribution in [0, 0.1) is 0 Å². The summed E-state index contributed by atoms with van der Waals surface area (Å²) in [6, 6.07) is 117. The molecule has 19 aromatic rings. The van der Waals surface area contributed by atoms with Gasteiger partial charge in [0, 0.05) is 33.4 Å². The standard InChI is InChI=1S/C108H88N6/c1-105(2,3)73-53-45-69(46-54-73)101-109-99(110-102(113-101)70-47-55-74(56-48-70)106(4,5)6)67-41-37-65(38-42-67)77-25-13-23-35-87(77)97-93-61-89-83-31-19-15-27-79(83)81-29-17-21-33-85(81)91(89)63-95(93)98(96-64-92-86-34-22-18-30-82(86)80-28-16-20-32-84(80)90(92)62-94(96)97)88-36-24-14-26-78(88)66-39-43-68(44-40-66)100-111-103(71-49-57-75(58-50-71)107(7,8)9)114-104(112-100)72-51-59-76(60-52-72)108(10,11)12/h13-64H,1-12H3. The van der Waals surface area contributed by atoms with Crippen LogP contribution in [0.2, 0.25) is 0 Å². The topological polar surface area (TPSA) is 77.3 Å². The fourth-order valence-corrected chi connectivity index (χ4v) is 17.1. The fraction of sp³-hybridized carbons (Fsp3) is 0.148. The van der Waals surface area contributed by atoms with Crippen molar-refractivity contribution in [2.45, 2.75) is 105 Å².